The number of benzene rings is 1. The first-order valence-electron chi connectivity index (χ1n) is 6.64. The van der Waals surface area contributed by atoms with Crippen LogP contribution in [0.4, 0.5) is 5.82 Å². The summed E-state index contributed by atoms with van der Waals surface area (Å²) in [6, 6.07) is 12.1. The highest BCUT2D eigenvalue weighted by atomic mass is 15.2. The molecule has 1 aromatic carbocycles. The maximum absolute atomic E-state index is 9.31. The second-order valence-corrected chi connectivity index (χ2v) is 5.99. The maximum Gasteiger partial charge on any atom is 0.130 e. The lowest BCUT2D eigenvalue weighted by Gasteiger charge is -2.21. The molecule has 3 nitrogen and oxygen atoms in total. The molecule has 0 bridgehead atoms. The molecule has 3 rings (SSSR count). The van der Waals surface area contributed by atoms with Gasteiger partial charge in [0.15, 0.2) is 0 Å². The van der Waals surface area contributed by atoms with E-state index in [9.17, 15) is 5.26 Å². The Labute approximate surface area is 113 Å². The fourth-order valence-electron chi connectivity index (χ4n) is 2.72. The Morgan fingerprint density at radius 1 is 1.32 bits per heavy atom. The minimum Gasteiger partial charge on any atom is -0.356 e. The van der Waals surface area contributed by atoms with Crippen molar-refractivity contribution in [1.82, 2.24) is 4.98 Å². The lowest BCUT2D eigenvalue weighted by molar-refractivity contribution is 0.418. The van der Waals surface area contributed by atoms with Crippen LogP contribution in [-0.4, -0.2) is 18.1 Å². The van der Waals surface area contributed by atoms with Gasteiger partial charge in [0.05, 0.1) is 17.1 Å². The second kappa shape index (κ2) is 4.24. The normalized spacial score (nSPS) is 17.6. The molecule has 3 heteroatoms. The molecule has 0 unspecified atom stereocenters. The van der Waals surface area contributed by atoms with Crippen LogP contribution >= 0.6 is 0 Å². The SMILES string of the molecule is CC1(C)CCN(c2cc(C#N)c3ccccc3n2)C1. The van der Waals surface area contributed by atoms with Gasteiger partial charge in [-0.15, -0.1) is 0 Å². The molecule has 19 heavy (non-hydrogen) atoms. The fourth-order valence-corrected chi connectivity index (χ4v) is 2.72. The summed E-state index contributed by atoms with van der Waals surface area (Å²) in [6.07, 6.45) is 1.17. The summed E-state index contributed by atoms with van der Waals surface area (Å²) in [4.78, 5) is 6.99. The Kier molecular flexibility index (Phi) is 2.67. The molecule has 0 amide bonds. The second-order valence-electron chi connectivity index (χ2n) is 5.99. The number of fused-ring (bicyclic) bond motifs is 1. The highest BCUT2D eigenvalue weighted by molar-refractivity contribution is 5.86. The molecule has 1 aliphatic rings. The van der Waals surface area contributed by atoms with Crippen molar-refractivity contribution >= 4 is 16.7 Å². The van der Waals surface area contributed by atoms with Crippen molar-refractivity contribution in [1.29, 1.82) is 5.26 Å². The molecule has 0 aliphatic carbocycles. The van der Waals surface area contributed by atoms with Crippen molar-refractivity contribution in [2.45, 2.75) is 20.3 Å². The van der Waals surface area contributed by atoms with E-state index >= 15 is 0 Å². The molecular formula is C16H17N3. The van der Waals surface area contributed by atoms with Gasteiger partial charge >= 0.3 is 0 Å². The van der Waals surface area contributed by atoms with Crippen molar-refractivity contribution in [3.63, 3.8) is 0 Å². The number of pyridine rings is 1. The van der Waals surface area contributed by atoms with E-state index in [1.165, 1.54) is 6.42 Å². The van der Waals surface area contributed by atoms with E-state index in [0.29, 0.717) is 11.0 Å². The Bertz CT molecular complexity index is 667. The summed E-state index contributed by atoms with van der Waals surface area (Å²) in [5.41, 5.74) is 1.95. The van der Waals surface area contributed by atoms with E-state index in [1.807, 2.05) is 30.3 Å². The van der Waals surface area contributed by atoms with Crippen LogP contribution in [0.3, 0.4) is 0 Å². The average molecular weight is 251 g/mol. The van der Waals surface area contributed by atoms with E-state index in [0.717, 1.165) is 29.8 Å². The molecule has 0 saturated carbocycles. The van der Waals surface area contributed by atoms with E-state index in [1.54, 1.807) is 0 Å². The lowest BCUT2D eigenvalue weighted by atomic mass is 9.93. The summed E-state index contributed by atoms with van der Waals surface area (Å²) in [7, 11) is 0. The summed E-state index contributed by atoms with van der Waals surface area (Å²) >= 11 is 0. The number of aromatic nitrogens is 1. The number of nitriles is 1. The molecule has 1 aliphatic heterocycles. The van der Waals surface area contributed by atoms with Crippen LogP contribution in [0, 0.1) is 16.7 Å². The van der Waals surface area contributed by atoms with Crippen LogP contribution in [-0.2, 0) is 0 Å². The average Bonchev–Trinajstić information content (AvgIpc) is 2.78. The topological polar surface area (TPSA) is 39.9 Å². The van der Waals surface area contributed by atoms with Crippen LogP contribution < -0.4 is 4.90 Å². The first-order chi connectivity index (χ1) is 9.09. The summed E-state index contributed by atoms with van der Waals surface area (Å²) < 4.78 is 0. The Hall–Kier alpha value is -2.08. The first-order valence-corrected chi connectivity index (χ1v) is 6.64. The van der Waals surface area contributed by atoms with Gasteiger partial charge in [-0.1, -0.05) is 32.0 Å². The van der Waals surface area contributed by atoms with Crippen LogP contribution in [0.2, 0.25) is 0 Å². The van der Waals surface area contributed by atoms with Crippen molar-refractivity contribution in [3.8, 4) is 6.07 Å². The zero-order chi connectivity index (χ0) is 13.5. The number of hydrogen-bond acceptors (Lipinski definition) is 3. The van der Waals surface area contributed by atoms with Crippen molar-refractivity contribution in [3.05, 3.63) is 35.9 Å². The maximum atomic E-state index is 9.31. The molecule has 0 spiro atoms. The van der Waals surface area contributed by atoms with Gasteiger partial charge in [-0.2, -0.15) is 5.26 Å². The Morgan fingerprint density at radius 3 is 2.79 bits per heavy atom. The predicted octanol–water partition coefficient (Wildman–Crippen LogP) is 3.34. The van der Waals surface area contributed by atoms with E-state index in [2.05, 4.69) is 24.8 Å². The third-order valence-electron chi connectivity index (χ3n) is 3.82. The third-order valence-corrected chi connectivity index (χ3v) is 3.82. The molecule has 0 N–H and O–H groups in total. The molecule has 2 aromatic rings. The van der Waals surface area contributed by atoms with Gasteiger partial charge in [-0.3, -0.25) is 0 Å². The predicted molar refractivity (Wildman–Crippen MR) is 77.1 cm³/mol. The summed E-state index contributed by atoms with van der Waals surface area (Å²) in [6.45, 7) is 6.57. The van der Waals surface area contributed by atoms with Gasteiger partial charge in [-0.25, -0.2) is 4.98 Å². The van der Waals surface area contributed by atoms with Gasteiger partial charge in [0.25, 0.3) is 0 Å². The van der Waals surface area contributed by atoms with Crippen LogP contribution in [0.15, 0.2) is 30.3 Å². The fraction of sp³-hybridized carbons (Fsp3) is 0.375. The van der Waals surface area contributed by atoms with E-state index < -0.39 is 0 Å². The van der Waals surface area contributed by atoms with Gasteiger partial charge < -0.3 is 4.90 Å². The van der Waals surface area contributed by atoms with Crippen molar-refractivity contribution in [2.75, 3.05) is 18.0 Å². The quantitative estimate of drug-likeness (QED) is 0.780. The molecule has 1 saturated heterocycles. The first kappa shape index (κ1) is 12.0. The molecule has 1 fully saturated rings. The number of rotatable bonds is 1. The summed E-state index contributed by atoms with van der Waals surface area (Å²) in [5.74, 6) is 0.931. The lowest BCUT2D eigenvalue weighted by Crippen LogP contribution is -2.23. The number of anilines is 1. The minimum atomic E-state index is 0.333. The van der Waals surface area contributed by atoms with E-state index in [4.69, 9.17) is 4.98 Å². The Balaban J connectivity index is 2.09. The van der Waals surface area contributed by atoms with Crippen molar-refractivity contribution < 1.29 is 0 Å². The largest absolute Gasteiger partial charge is 0.356 e. The Morgan fingerprint density at radius 2 is 2.11 bits per heavy atom. The van der Waals surface area contributed by atoms with Gasteiger partial charge in [-0.05, 0) is 24.0 Å². The zero-order valence-corrected chi connectivity index (χ0v) is 11.3. The highest BCUT2D eigenvalue weighted by Crippen LogP contribution is 2.33. The summed E-state index contributed by atoms with van der Waals surface area (Å²) in [5, 5.41) is 10.2. The standard InChI is InChI=1S/C16H17N3/c1-16(2)7-8-19(11-16)15-9-12(10-17)13-5-3-4-6-14(13)18-15/h3-6,9H,7-8,11H2,1-2H3. The molecular weight excluding hydrogens is 234 g/mol. The van der Waals surface area contributed by atoms with E-state index in [-0.39, 0.29) is 0 Å². The van der Waals surface area contributed by atoms with Crippen LogP contribution in [0.25, 0.3) is 10.9 Å². The van der Waals surface area contributed by atoms with Gasteiger partial charge in [0, 0.05) is 18.5 Å². The molecule has 0 atom stereocenters. The van der Waals surface area contributed by atoms with Crippen molar-refractivity contribution in [2.24, 2.45) is 5.41 Å². The van der Waals surface area contributed by atoms with Gasteiger partial charge in [0.1, 0.15) is 5.82 Å². The van der Waals surface area contributed by atoms with Crippen LogP contribution in [0.1, 0.15) is 25.8 Å². The minimum absolute atomic E-state index is 0.333. The van der Waals surface area contributed by atoms with Gasteiger partial charge in [0.2, 0.25) is 0 Å². The number of para-hydroxylation sites is 1. The molecule has 2 heterocycles. The molecule has 0 radical (unpaired) electrons. The molecule has 1 aromatic heterocycles. The molecule has 96 valence electrons. The smallest absolute Gasteiger partial charge is 0.130 e. The monoisotopic (exact) mass is 251 g/mol. The highest BCUT2D eigenvalue weighted by Gasteiger charge is 2.30. The van der Waals surface area contributed by atoms with Crippen LogP contribution in [0.5, 0.6) is 0 Å². The number of hydrogen-bond donors (Lipinski definition) is 0. The zero-order valence-electron chi connectivity index (χ0n) is 11.3. The number of nitrogens with zero attached hydrogens (tertiary/aromatic N) is 3. The third kappa shape index (κ3) is 2.15.